The fraction of sp³-hybridized carbons (Fsp3) is 0.500. The summed E-state index contributed by atoms with van der Waals surface area (Å²) >= 11 is 0. The highest BCUT2D eigenvalue weighted by Crippen LogP contribution is 2.25. The van der Waals surface area contributed by atoms with Crippen molar-refractivity contribution < 1.29 is 23.4 Å². The first-order valence-corrected chi connectivity index (χ1v) is 6.25. The van der Waals surface area contributed by atoms with Gasteiger partial charge in [-0.15, -0.1) is 0 Å². The molecule has 0 unspecified atom stereocenters. The van der Waals surface area contributed by atoms with Crippen LogP contribution in [0, 0.1) is 0 Å². The van der Waals surface area contributed by atoms with Crippen LogP contribution in [0.15, 0.2) is 30.3 Å². The third-order valence-corrected chi connectivity index (χ3v) is 2.73. The largest absolute Gasteiger partial charge is 0.459 e. The van der Waals surface area contributed by atoms with Crippen molar-refractivity contribution >= 4 is 5.97 Å². The van der Waals surface area contributed by atoms with E-state index in [0.29, 0.717) is 12.8 Å². The molecule has 0 aliphatic carbocycles. The van der Waals surface area contributed by atoms with Gasteiger partial charge in [-0.1, -0.05) is 31.5 Å². The molecule has 0 saturated carbocycles. The van der Waals surface area contributed by atoms with Crippen LogP contribution in [0.2, 0.25) is 0 Å². The summed E-state index contributed by atoms with van der Waals surface area (Å²) in [7, 11) is 0. The average molecular weight is 272 g/mol. The molecule has 1 rings (SSSR count). The highest BCUT2D eigenvalue weighted by atomic mass is 19.3. The number of hydrogen-bond acceptors (Lipinski definition) is 3. The van der Waals surface area contributed by atoms with E-state index in [1.165, 1.54) is 12.1 Å². The molecule has 106 valence electrons. The van der Waals surface area contributed by atoms with Crippen LogP contribution in [0.3, 0.4) is 0 Å². The summed E-state index contributed by atoms with van der Waals surface area (Å²) in [4.78, 5) is 11.5. The molecule has 0 aliphatic heterocycles. The number of unbranched alkanes of at least 4 members (excludes halogenated alkanes) is 1. The first-order chi connectivity index (χ1) is 8.97. The van der Waals surface area contributed by atoms with E-state index in [0.717, 1.165) is 0 Å². The van der Waals surface area contributed by atoms with Crippen molar-refractivity contribution in [3.05, 3.63) is 35.9 Å². The Balaban J connectivity index is 2.45. The molecule has 0 aromatic heterocycles. The molecule has 0 fully saturated rings. The molecule has 0 spiro atoms. The Labute approximate surface area is 111 Å². The molecule has 3 nitrogen and oxygen atoms in total. The molecule has 1 N–H and O–H groups in total. The third-order valence-electron chi connectivity index (χ3n) is 2.73. The monoisotopic (exact) mass is 272 g/mol. The summed E-state index contributed by atoms with van der Waals surface area (Å²) < 4.78 is 31.5. The second-order valence-corrected chi connectivity index (χ2v) is 4.34. The molecule has 0 amide bonds. The SMILES string of the molecule is CCCCC(F)(F)[C@@H](O)COC(=O)c1ccccc1. The summed E-state index contributed by atoms with van der Waals surface area (Å²) in [6.45, 7) is 1.09. The molecule has 0 radical (unpaired) electrons. The number of alkyl halides is 2. The standard InChI is InChI=1S/C14H18F2O3/c1-2-3-9-14(15,16)12(17)10-19-13(18)11-7-5-4-6-8-11/h4-8,12,17H,2-3,9-10H2,1H3/t12-/m0/s1. The number of carbonyl (C=O) groups excluding carboxylic acids is 1. The molecule has 1 aromatic rings. The third kappa shape index (κ3) is 4.95. The van der Waals surface area contributed by atoms with E-state index in [1.807, 2.05) is 0 Å². The Morgan fingerprint density at radius 3 is 2.58 bits per heavy atom. The second kappa shape index (κ2) is 7.19. The summed E-state index contributed by atoms with van der Waals surface area (Å²) in [6, 6.07) is 8.05. The van der Waals surface area contributed by atoms with Gasteiger partial charge in [0.05, 0.1) is 5.56 Å². The molecule has 1 atom stereocenters. The quantitative estimate of drug-likeness (QED) is 0.776. The van der Waals surface area contributed by atoms with Crippen molar-refractivity contribution in [2.45, 2.75) is 38.2 Å². The first-order valence-electron chi connectivity index (χ1n) is 6.25. The molecule has 0 saturated heterocycles. The van der Waals surface area contributed by atoms with Crippen LogP contribution in [0.25, 0.3) is 0 Å². The van der Waals surface area contributed by atoms with E-state index >= 15 is 0 Å². The number of carbonyl (C=O) groups is 1. The van der Waals surface area contributed by atoms with Gasteiger partial charge in [0.2, 0.25) is 0 Å². The number of hydrogen-bond donors (Lipinski definition) is 1. The Kier molecular flexibility index (Phi) is 5.89. The Morgan fingerprint density at radius 1 is 1.37 bits per heavy atom. The van der Waals surface area contributed by atoms with Gasteiger partial charge in [-0.2, -0.15) is 0 Å². The van der Waals surface area contributed by atoms with Gasteiger partial charge < -0.3 is 9.84 Å². The van der Waals surface area contributed by atoms with Crippen LogP contribution < -0.4 is 0 Å². The smallest absolute Gasteiger partial charge is 0.338 e. The highest BCUT2D eigenvalue weighted by Gasteiger charge is 2.38. The Hall–Kier alpha value is -1.49. The van der Waals surface area contributed by atoms with Crippen molar-refractivity contribution in [2.75, 3.05) is 6.61 Å². The minimum absolute atomic E-state index is 0.270. The molecule has 1 aromatic carbocycles. The molecular weight excluding hydrogens is 254 g/mol. The topological polar surface area (TPSA) is 46.5 Å². The summed E-state index contributed by atoms with van der Waals surface area (Å²) in [6.07, 6.45) is -1.44. The van der Waals surface area contributed by atoms with Crippen LogP contribution in [-0.2, 0) is 4.74 Å². The van der Waals surface area contributed by atoms with Gasteiger partial charge in [-0.25, -0.2) is 13.6 Å². The summed E-state index contributed by atoms with van der Waals surface area (Å²) in [5.41, 5.74) is 0.270. The fourth-order valence-corrected chi connectivity index (χ4v) is 1.51. The van der Waals surface area contributed by atoms with Crippen molar-refractivity contribution in [3.63, 3.8) is 0 Å². The van der Waals surface area contributed by atoms with Gasteiger partial charge >= 0.3 is 5.97 Å². The van der Waals surface area contributed by atoms with Gasteiger partial charge in [0, 0.05) is 6.42 Å². The van der Waals surface area contributed by atoms with Gasteiger partial charge in [0.1, 0.15) is 6.61 Å². The molecule has 0 aliphatic rings. The average Bonchev–Trinajstić information content (AvgIpc) is 2.43. The zero-order chi connectivity index (χ0) is 14.3. The lowest BCUT2D eigenvalue weighted by Gasteiger charge is -2.22. The number of esters is 1. The van der Waals surface area contributed by atoms with E-state index in [4.69, 9.17) is 0 Å². The van der Waals surface area contributed by atoms with Crippen molar-refractivity contribution in [1.29, 1.82) is 0 Å². The number of benzene rings is 1. The summed E-state index contributed by atoms with van der Waals surface area (Å²) in [5, 5.41) is 9.37. The molecular formula is C14H18F2O3. The van der Waals surface area contributed by atoms with E-state index in [2.05, 4.69) is 4.74 Å². The molecule has 5 heteroatoms. The maximum absolute atomic E-state index is 13.4. The number of ether oxygens (including phenoxy) is 1. The van der Waals surface area contributed by atoms with E-state index in [1.54, 1.807) is 25.1 Å². The fourth-order valence-electron chi connectivity index (χ4n) is 1.51. The predicted octanol–water partition coefficient (Wildman–Crippen LogP) is 3.03. The number of aliphatic hydroxyl groups excluding tert-OH is 1. The molecule has 0 heterocycles. The van der Waals surface area contributed by atoms with Crippen molar-refractivity contribution in [1.82, 2.24) is 0 Å². The second-order valence-electron chi connectivity index (χ2n) is 4.34. The van der Waals surface area contributed by atoms with Crippen LogP contribution in [-0.4, -0.2) is 29.7 Å². The van der Waals surface area contributed by atoms with Crippen LogP contribution in [0.5, 0.6) is 0 Å². The van der Waals surface area contributed by atoms with Gasteiger partial charge in [0.25, 0.3) is 5.92 Å². The van der Waals surface area contributed by atoms with Crippen molar-refractivity contribution in [3.8, 4) is 0 Å². The molecule has 0 bridgehead atoms. The lowest BCUT2D eigenvalue weighted by Crippen LogP contribution is -2.37. The Bertz CT molecular complexity index is 393. The summed E-state index contributed by atoms with van der Waals surface area (Å²) in [5.74, 6) is -3.95. The van der Waals surface area contributed by atoms with Gasteiger partial charge in [-0.3, -0.25) is 0 Å². The van der Waals surface area contributed by atoms with Crippen molar-refractivity contribution in [2.24, 2.45) is 0 Å². The predicted molar refractivity (Wildman–Crippen MR) is 67.2 cm³/mol. The van der Waals surface area contributed by atoms with Gasteiger partial charge in [0.15, 0.2) is 6.10 Å². The Morgan fingerprint density at radius 2 is 2.00 bits per heavy atom. The maximum Gasteiger partial charge on any atom is 0.338 e. The first kappa shape index (κ1) is 15.6. The highest BCUT2D eigenvalue weighted by molar-refractivity contribution is 5.89. The maximum atomic E-state index is 13.4. The zero-order valence-corrected chi connectivity index (χ0v) is 10.8. The lowest BCUT2D eigenvalue weighted by atomic mass is 10.1. The van der Waals surface area contributed by atoms with Gasteiger partial charge in [-0.05, 0) is 18.6 Å². The molecule has 19 heavy (non-hydrogen) atoms. The van der Waals surface area contributed by atoms with E-state index in [9.17, 15) is 18.7 Å². The lowest BCUT2D eigenvalue weighted by molar-refractivity contribution is -0.131. The number of halogens is 2. The van der Waals surface area contributed by atoms with E-state index < -0.39 is 31.0 Å². The van der Waals surface area contributed by atoms with E-state index in [-0.39, 0.29) is 5.56 Å². The number of aliphatic hydroxyl groups is 1. The van der Waals surface area contributed by atoms with Crippen LogP contribution in [0.4, 0.5) is 8.78 Å². The minimum Gasteiger partial charge on any atom is -0.459 e. The minimum atomic E-state index is -3.23. The number of rotatable bonds is 7. The van der Waals surface area contributed by atoms with Crippen LogP contribution in [0.1, 0.15) is 36.5 Å². The normalized spacial score (nSPS) is 13.1. The van der Waals surface area contributed by atoms with Crippen LogP contribution >= 0.6 is 0 Å². The zero-order valence-electron chi connectivity index (χ0n) is 10.8.